The zero-order chi connectivity index (χ0) is 17.0. The standard InChI is InChI=1S/C19H26O4/c1-6-22-15-11-12-16(23-18(20)19(2,3)4)17(15)13-7-9-14(21-5)10-8-13/h7-10,12,15,17H,6,11H2,1-5H3/t15-,17+/m1/s1. The van der Waals surface area contributed by atoms with Crippen LogP contribution >= 0.6 is 0 Å². The third kappa shape index (κ3) is 4.14. The van der Waals surface area contributed by atoms with Gasteiger partial charge >= 0.3 is 5.97 Å². The van der Waals surface area contributed by atoms with Crippen molar-refractivity contribution < 1.29 is 19.0 Å². The number of esters is 1. The number of rotatable bonds is 5. The number of methoxy groups -OCH3 is 1. The quantitative estimate of drug-likeness (QED) is 0.768. The van der Waals surface area contributed by atoms with Gasteiger partial charge in [-0.25, -0.2) is 0 Å². The van der Waals surface area contributed by atoms with E-state index in [1.54, 1.807) is 7.11 Å². The van der Waals surface area contributed by atoms with Crippen LogP contribution in [-0.2, 0) is 14.3 Å². The molecule has 0 spiro atoms. The van der Waals surface area contributed by atoms with E-state index in [9.17, 15) is 4.79 Å². The SMILES string of the molecule is CCO[C@@H]1CC=C(OC(=O)C(C)(C)C)[C@H]1c1ccc(OC)cc1. The van der Waals surface area contributed by atoms with Crippen LogP contribution in [0, 0.1) is 5.41 Å². The molecular formula is C19H26O4. The van der Waals surface area contributed by atoms with E-state index in [1.165, 1.54) is 0 Å². The van der Waals surface area contributed by atoms with Gasteiger partial charge in [0.05, 0.1) is 24.5 Å². The van der Waals surface area contributed by atoms with Gasteiger partial charge in [0.1, 0.15) is 11.5 Å². The van der Waals surface area contributed by atoms with Gasteiger partial charge in [0, 0.05) is 6.61 Å². The Morgan fingerprint density at radius 3 is 2.39 bits per heavy atom. The lowest BCUT2D eigenvalue weighted by atomic mass is 9.94. The van der Waals surface area contributed by atoms with Gasteiger partial charge < -0.3 is 14.2 Å². The molecule has 126 valence electrons. The summed E-state index contributed by atoms with van der Waals surface area (Å²) in [6.07, 6.45) is 2.71. The van der Waals surface area contributed by atoms with Crippen LogP contribution in [0.3, 0.4) is 0 Å². The highest BCUT2D eigenvalue weighted by atomic mass is 16.5. The molecule has 1 aromatic rings. The molecule has 0 aliphatic heterocycles. The maximum atomic E-state index is 12.2. The summed E-state index contributed by atoms with van der Waals surface area (Å²) >= 11 is 0. The van der Waals surface area contributed by atoms with Crippen molar-refractivity contribution in [1.82, 2.24) is 0 Å². The molecular weight excluding hydrogens is 292 g/mol. The lowest BCUT2D eigenvalue weighted by Gasteiger charge is -2.25. The molecule has 2 atom stereocenters. The Hall–Kier alpha value is -1.81. The summed E-state index contributed by atoms with van der Waals surface area (Å²) < 4.78 is 16.7. The zero-order valence-electron chi connectivity index (χ0n) is 14.6. The third-order valence-electron chi connectivity index (χ3n) is 3.91. The van der Waals surface area contributed by atoms with Crippen molar-refractivity contribution in [3.63, 3.8) is 0 Å². The van der Waals surface area contributed by atoms with Gasteiger partial charge in [0.25, 0.3) is 0 Å². The largest absolute Gasteiger partial charge is 0.497 e. The summed E-state index contributed by atoms with van der Waals surface area (Å²) in [5.74, 6) is 1.21. The van der Waals surface area contributed by atoms with E-state index in [0.717, 1.165) is 17.7 Å². The molecule has 0 saturated carbocycles. The monoisotopic (exact) mass is 318 g/mol. The second kappa shape index (κ2) is 7.18. The number of benzene rings is 1. The Morgan fingerprint density at radius 2 is 1.87 bits per heavy atom. The fraction of sp³-hybridized carbons (Fsp3) is 0.526. The molecule has 0 saturated heterocycles. The Morgan fingerprint density at radius 1 is 1.22 bits per heavy atom. The lowest BCUT2D eigenvalue weighted by molar-refractivity contribution is -0.149. The highest BCUT2D eigenvalue weighted by Crippen LogP contribution is 2.39. The number of hydrogen-bond donors (Lipinski definition) is 0. The molecule has 4 heteroatoms. The minimum atomic E-state index is -0.533. The van der Waals surface area contributed by atoms with Crippen LogP contribution in [-0.4, -0.2) is 25.8 Å². The van der Waals surface area contributed by atoms with Gasteiger partial charge in [-0.2, -0.15) is 0 Å². The van der Waals surface area contributed by atoms with Crippen molar-refractivity contribution in [3.05, 3.63) is 41.7 Å². The third-order valence-corrected chi connectivity index (χ3v) is 3.91. The molecule has 2 rings (SSSR count). The van der Waals surface area contributed by atoms with Crippen LogP contribution < -0.4 is 4.74 Å². The predicted octanol–water partition coefficient (Wildman–Crippen LogP) is 4.06. The number of ether oxygens (including phenoxy) is 3. The fourth-order valence-corrected chi connectivity index (χ4v) is 2.61. The van der Waals surface area contributed by atoms with Gasteiger partial charge in [0.15, 0.2) is 0 Å². The summed E-state index contributed by atoms with van der Waals surface area (Å²) in [4.78, 5) is 12.2. The van der Waals surface area contributed by atoms with Crippen LogP contribution in [0.5, 0.6) is 5.75 Å². The first-order valence-electron chi connectivity index (χ1n) is 8.04. The normalized spacial score (nSPS) is 21.0. The van der Waals surface area contributed by atoms with Crippen LogP contribution in [0.15, 0.2) is 36.1 Å². The van der Waals surface area contributed by atoms with Crippen molar-refractivity contribution in [3.8, 4) is 5.75 Å². The minimum Gasteiger partial charge on any atom is -0.497 e. The molecule has 0 aromatic heterocycles. The van der Waals surface area contributed by atoms with Crippen molar-refractivity contribution in [2.45, 2.75) is 46.1 Å². The molecule has 0 N–H and O–H groups in total. The smallest absolute Gasteiger partial charge is 0.316 e. The molecule has 1 aliphatic rings. The average Bonchev–Trinajstić information content (AvgIpc) is 2.89. The molecule has 1 aromatic carbocycles. The van der Waals surface area contributed by atoms with Crippen LogP contribution in [0.4, 0.5) is 0 Å². The summed E-state index contributed by atoms with van der Waals surface area (Å²) in [6.45, 7) is 8.17. The van der Waals surface area contributed by atoms with E-state index in [1.807, 2.05) is 58.0 Å². The van der Waals surface area contributed by atoms with E-state index >= 15 is 0 Å². The maximum absolute atomic E-state index is 12.2. The van der Waals surface area contributed by atoms with Gasteiger partial charge in [-0.3, -0.25) is 4.79 Å². The Bertz CT molecular complexity index is 566. The molecule has 1 aliphatic carbocycles. The predicted molar refractivity (Wildman–Crippen MR) is 89.4 cm³/mol. The van der Waals surface area contributed by atoms with Crippen LogP contribution in [0.1, 0.15) is 45.6 Å². The summed E-state index contributed by atoms with van der Waals surface area (Å²) in [6, 6.07) is 7.83. The molecule has 0 unspecified atom stereocenters. The van der Waals surface area contributed by atoms with Crippen molar-refractivity contribution in [2.75, 3.05) is 13.7 Å². The first kappa shape index (κ1) is 17.5. The average molecular weight is 318 g/mol. The van der Waals surface area contributed by atoms with Gasteiger partial charge in [-0.1, -0.05) is 12.1 Å². The van der Waals surface area contributed by atoms with Gasteiger partial charge in [-0.15, -0.1) is 0 Å². The summed E-state index contributed by atoms with van der Waals surface area (Å²) in [7, 11) is 1.64. The Balaban J connectivity index is 2.24. The Labute approximate surface area is 138 Å². The summed E-state index contributed by atoms with van der Waals surface area (Å²) in [5, 5.41) is 0. The first-order valence-corrected chi connectivity index (χ1v) is 8.04. The molecule has 0 fully saturated rings. The van der Waals surface area contributed by atoms with Crippen molar-refractivity contribution in [2.24, 2.45) is 5.41 Å². The minimum absolute atomic E-state index is 0.00355. The van der Waals surface area contributed by atoms with Crippen molar-refractivity contribution >= 4 is 5.97 Å². The van der Waals surface area contributed by atoms with E-state index in [4.69, 9.17) is 14.2 Å². The van der Waals surface area contributed by atoms with E-state index in [0.29, 0.717) is 12.4 Å². The molecule has 23 heavy (non-hydrogen) atoms. The highest BCUT2D eigenvalue weighted by Gasteiger charge is 2.36. The highest BCUT2D eigenvalue weighted by molar-refractivity contribution is 5.76. The molecule has 0 bridgehead atoms. The fourth-order valence-electron chi connectivity index (χ4n) is 2.61. The molecule has 4 nitrogen and oxygen atoms in total. The second-order valence-electron chi connectivity index (χ2n) is 6.73. The van der Waals surface area contributed by atoms with E-state index < -0.39 is 5.41 Å². The Kier molecular flexibility index (Phi) is 5.47. The first-order chi connectivity index (χ1) is 10.9. The van der Waals surface area contributed by atoms with Crippen LogP contribution in [0.2, 0.25) is 0 Å². The van der Waals surface area contributed by atoms with Gasteiger partial charge in [0.2, 0.25) is 0 Å². The summed E-state index contributed by atoms with van der Waals surface area (Å²) in [5.41, 5.74) is 0.532. The second-order valence-corrected chi connectivity index (χ2v) is 6.73. The number of hydrogen-bond acceptors (Lipinski definition) is 4. The molecule has 0 heterocycles. The zero-order valence-corrected chi connectivity index (χ0v) is 14.6. The number of carbonyl (C=O) groups excluding carboxylic acids is 1. The van der Waals surface area contributed by atoms with E-state index in [-0.39, 0.29) is 18.0 Å². The topological polar surface area (TPSA) is 44.8 Å². The number of carbonyl (C=O) groups is 1. The van der Waals surface area contributed by atoms with E-state index in [2.05, 4.69) is 0 Å². The van der Waals surface area contributed by atoms with Crippen molar-refractivity contribution in [1.29, 1.82) is 0 Å². The lowest BCUT2D eigenvalue weighted by Crippen LogP contribution is -2.26. The molecule has 0 radical (unpaired) electrons. The van der Waals surface area contributed by atoms with Crippen LogP contribution in [0.25, 0.3) is 0 Å². The van der Waals surface area contributed by atoms with Gasteiger partial charge in [-0.05, 0) is 57.9 Å². The molecule has 0 amide bonds. The maximum Gasteiger partial charge on any atom is 0.316 e.